The molecule has 0 spiro atoms. The minimum atomic E-state index is -0.738. The van der Waals surface area contributed by atoms with E-state index in [4.69, 9.17) is 4.74 Å². The fraction of sp³-hybridized carbons (Fsp3) is 0.242. The van der Waals surface area contributed by atoms with Crippen molar-refractivity contribution in [3.8, 4) is 0 Å². The Kier molecular flexibility index (Phi) is 9.38. The highest BCUT2D eigenvalue weighted by Gasteiger charge is 2.31. The molecule has 5 rings (SSSR count). The van der Waals surface area contributed by atoms with Crippen LogP contribution in [0, 0.1) is 5.92 Å². The fourth-order valence-corrected chi connectivity index (χ4v) is 5.07. The minimum absolute atomic E-state index is 0. The first-order valence-electron chi connectivity index (χ1n) is 13.5. The molecule has 0 saturated carbocycles. The van der Waals surface area contributed by atoms with Gasteiger partial charge in [0.25, 0.3) is 5.69 Å². The number of pyridine rings is 1. The van der Waals surface area contributed by atoms with Crippen LogP contribution in [0.3, 0.4) is 0 Å². The molecule has 1 atom stereocenters. The number of nitrogens with zero attached hydrogens (tertiary/aromatic N) is 2. The highest BCUT2D eigenvalue weighted by atomic mass is 79.9. The second-order valence-corrected chi connectivity index (χ2v) is 10.1. The monoisotopic (exact) mass is 599 g/mol. The van der Waals surface area contributed by atoms with E-state index in [-0.39, 0.29) is 35.4 Å². The Labute approximate surface area is 245 Å². The van der Waals surface area contributed by atoms with Gasteiger partial charge in [-0.3, -0.25) is 4.79 Å². The van der Waals surface area contributed by atoms with Crippen LogP contribution in [0.15, 0.2) is 97.2 Å². The molecule has 0 aliphatic rings. The SMILES string of the molecule is CCOC(=O)[C@@H](NC(=O)c1cc2c3ccccc3n(Cc3ccccc3)c2c[n+]1Cc1ccccc1)C(C)C.[Br-]. The average Bonchev–Trinajstić information content (AvgIpc) is 3.24. The summed E-state index contributed by atoms with van der Waals surface area (Å²) in [5.74, 6) is -0.845. The van der Waals surface area contributed by atoms with E-state index in [1.54, 1.807) is 6.92 Å². The first-order valence-corrected chi connectivity index (χ1v) is 13.5. The fourth-order valence-electron chi connectivity index (χ4n) is 5.07. The molecule has 0 aliphatic heterocycles. The molecule has 7 heteroatoms. The van der Waals surface area contributed by atoms with E-state index < -0.39 is 12.0 Å². The van der Waals surface area contributed by atoms with Gasteiger partial charge in [-0.25, -0.2) is 4.79 Å². The summed E-state index contributed by atoms with van der Waals surface area (Å²) < 4.78 is 9.54. The van der Waals surface area contributed by atoms with Crippen LogP contribution in [0.5, 0.6) is 0 Å². The topological polar surface area (TPSA) is 64.2 Å². The number of aromatic nitrogens is 2. The van der Waals surface area contributed by atoms with Crippen molar-refractivity contribution >= 4 is 33.7 Å². The molecule has 40 heavy (non-hydrogen) atoms. The van der Waals surface area contributed by atoms with E-state index in [1.165, 1.54) is 5.56 Å². The molecule has 2 heterocycles. The normalized spacial score (nSPS) is 11.8. The van der Waals surface area contributed by atoms with E-state index >= 15 is 0 Å². The van der Waals surface area contributed by atoms with Gasteiger partial charge in [0.05, 0.1) is 6.61 Å². The van der Waals surface area contributed by atoms with Crippen LogP contribution in [0.4, 0.5) is 0 Å². The third kappa shape index (κ3) is 6.10. The van der Waals surface area contributed by atoms with Crippen LogP contribution < -0.4 is 26.9 Å². The van der Waals surface area contributed by atoms with Crippen LogP contribution in [0.2, 0.25) is 0 Å². The van der Waals surface area contributed by atoms with Gasteiger partial charge in [-0.1, -0.05) is 92.7 Å². The zero-order chi connectivity index (χ0) is 27.4. The summed E-state index contributed by atoms with van der Waals surface area (Å²) in [6.45, 7) is 7.06. The summed E-state index contributed by atoms with van der Waals surface area (Å²) in [4.78, 5) is 26.5. The van der Waals surface area contributed by atoms with Crippen LogP contribution >= 0.6 is 0 Å². The van der Waals surface area contributed by atoms with E-state index in [2.05, 4.69) is 52.5 Å². The van der Waals surface area contributed by atoms with Gasteiger partial charge in [-0.05, 0) is 24.5 Å². The maximum absolute atomic E-state index is 13.8. The van der Waals surface area contributed by atoms with Gasteiger partial charge in [0, 0.05) is 34.5 Å². The van der Waals surface area contributed by atoms with Crippen LogP contribution in [-0.4, -0.2) is 29.1 Å². The molecule has 0 fully saturated rings. The van der Waals surface area contributed by atoms with Crippen LogP contribution in [0.25, 0.3) is 21.8 Å². The highest BCUT2D eigenvalue weighted by Crippen LogP contribution is 2.29. The molecule has 0 bridgehead atoms. The summed E-state index contributed by atoms with van der Waals surface area (Å²) in [5, 5.41) is 5.03. The van der Waals surface area contributed by atoms with Gasteiger partial charge in [-0.15, -0.1) is 0 Å². The zero-order valence-electron chi connectivity index (χ0n) is 23.0. The second kappa shape index (κ2) is 12.9. The number of amides is 1. The summed E-state index contributed by atoms with van der Waals surface area (Å²) in [7, 11) is 0. The number of rotatable bonds is 9. The van der Waals surface area contributed by atoms with Crippen molar-refractivity contribution in [2.45, 2.75) is 39.9 Å². The van der Waals surface area contributed by atoms with Gasteiger partial charge >= 0.3 is 11.9 Å². The van der Waals surface area contributed by atoms with Gasteiger partial charge in [0.1, 0.15) is 11.6 Å². The molecule has 6 nitrogen and oxygen atoms in total. The van der Waals surface area contributed by atoms with Crippen LogP contribution in [0.1, 0.15) is 42.4 Å². The Morgan fingerprint density at radius 3 is 2.12 bits per heavy atom. The molecule has 1 amide bonds. The molecule has 206 valence electrons. The Bertz CT molecular complexity index is 1610. The van der Waals surface area contributed by atoms with Crippen molar-refractivity contribution in [1.29, 1.82) is 0 Å². The first-order chi connectivity index (χ1) is 19.0. The Hall–Kier alpha value is -3.97. The van der Waals surface area contributed by atoms with Gasteiger partial charge in [-0.2, -0.15) is 4.57 Å². The van der Waals surface area contributed by atoms with Gasteiger partial charge in [0.15, 0.2) is 12.7 Å². The lowest BCUT2D eigenvalue weighted by Crippen LogP contribution is -3.00. The Morgan fingerprint density at radius 2 is 1.48 bits per heavy atom. The largest absolute Gasteiger partial charge is 1.00 e. The number of hydrogen-bond acceptors (Lipinski definition) is 3. The number of nitrogens with one attached hydrogen (secondary N) is 1. The third-order valence-corrected chi connectivity index (χ3v) is 7.03. The van der Waals surface area contributed by atoms with E-state index in [0.717, 1.165) is 27.4 Å². The van der Waals surface area contributed by atoms with E-state index in [0.29, 0.717) is 18.8 Å². The van der Waals surface area contributed by atoms with Crippen molar-refractivity contribution in [2.24, 2.45) is 5.92 Å². The molecule has 2 aromatic heterocycles. The van der Waals surface area contributed by atoms with Crippen LogP contribution in [-0.2, 0) is 22.6 Å². The van der Waals surface area contributed by atoms with E-state index in [1.807, 2.05) is 73.0 Å². The number of ether oxygens (including phenoxy) is 1. The molecule has 0 saturated heterocycles. The number of esters is 1. The molecular weight excluding hydrogens is 566 g/mol. The van der Waals surface area contributed by atoms with Crippen molar-refractivity contribution < 1.29 is 35.9 Å². The molecule has 0 unspecified atom stereocenters. The lowest BCUT2D eigenvalue weighted by Gasteiger charge is -2.20. The summed E-state index contributed by atoms with van der Waals surface area (Å²) in [6.07, 6.45) is 2.06. The molecule has 3 aromatic carbocycles. The van der Waals surface area contributed by atoms with Crippen molar-refractivity contribution in [2.75, 3.05) is 6.61 Å². The smallest absolute Gasteiger partial charge is 0.328 e. The molecule has 1 N–H and O–H groups in total. The van der Waals surface area contributed by atoms with Gasteiger partial charge < -0.3 is 31.6 Å². The summed E-state index contributed by atoms with van der Waals surface area (Å²) in [5.41, 5.74) is 4.91. The van der Waals surface area contributed by atoms with Crippen molar-refractivity contribution in [1.82, 2.24) is 9.88 Å². The van der Waals surface area contributed by atoms with Crippen molar-refractivity contribution in [3.05, 3.63) is 114 Å². The van der Waals surface area contributed by atoms with Crippen molar-refractivity contribution in [3.63, 3.8) is 0 Å². The predicted molar refractivity (Wildman–Crippen MR) is 153 cm³/mol. The average molecular weight is 601 g/mol. The second-order valence-electron chi connectivity index (χ2n) is 10.1. The summed E-state index contributed by atoms with van der Waals surface area (Å²) >= 11 is 0. The van der Waals surface area contributed by atoms with E-state index in [9.17, 15) is 9.59 Å². The maximum Gasteiger partial charge on any atom is 0.328 e. The lowest BCUT2D eigenvalue weighted by atomic mass is 10.0. The first kappa shape index (κ1) is 29.0. The number of carbonyl (C=O) groups excluding carboxylic acids is 2. The standard InChI is InChI=1S/C33H33N3O3.BrH/c1-4-39-33(38)31(23(2)3)34-32(37)29-19-27-26-17-11-12-18-28(26)36(21-25-15-9-6-10-16-25)30(27)22-35(29)20-24-13-7-5-8-14-24;/h5-19,22-23,31H,4,20-21H2,1-3H3;1H/t31-;/m0./s1. The highest BCUT2D eigenvalue weighted by molar-refractivity contribution is 6.09. The molecular formula is C33H34BrN3O3. The Morgan fingerprint density at radius 1 is 0.850 bits per heavy atom. The summed E-state index contributed by atoms with van der Waals surface area (Å²) in [6, 6.07) is 30.0. The quantitative estimate of drug-likeness (QED) is 0.209. The zero-order valence-corrected chi connectivity index (χ0v) is 24.6. The molecule has 0 radical (unpaired) electrons. The predicted octanol–water partition coefficient (Wildman–Crippen LogP) is 2.50. The molecule has 0 aliphatic carbocycles. The lowest BCUT2D eigenvalue weighted by molar-refractivity contribution is -0.689. The minimum Gasteiger partial charge on any atom is -1.00 e. The number of fused-ring (bicyclic) bond motifs is 3. The number of benzene rings is 3. The number of halogens is 1. The number of para-hydroxylation sites is 1. The third-order valence-electron chi connectivity index (χ3n) is 7.03. The maximum atomic E-state index is 13.8. The Balaban J connectivity index is 0.00000370. The number of carbonyl (C=O) groups is 2. The molecule has 5 aromatic rings. The number of hydrogen-bond donors (Lipinski definition) is 1. The van der Waals surface area contributed by atoms with Gasteiger partial charge in [0.2, 0.25) is 0 Å².